The minimum Gasteiger partial charge on any atom is -0.367 e. The summed E-state index contributed by atoms with van der Waals surface area (Å²) in [6.07, 6.45) is -0.566. The molecule has 1 N–H and O–H groups in total. The highest BCUT2D eigenvalue weighted by Crippen LogP contribution is 2.27. The summed E-state index contributed by atoms with van der Waals surface area (Å²) in [5.41, 5.74) is 1.61. The zero-order valence-corrected chi connectivity index (χ0v) is 19.6. The second-order valence-electron chi connectivity index (χ2n) is 8.78. The molecule has 0 radical (unpaired) electrons. The predicted octanol–water partition coefficient (Wildman–Crippen LogP) is 2.39. The van der Waals surface area contributed by atoms with E-state index in [0.29, 0.717) is 36.9 Å². The normalized spacial score (nSPS) is 23.1. The number of likely N-dealkylation sites (N-methyl/N-ethyl adjacent to an activating group) is 1. The van der Waals surface area contributed by atoms with Crippen molar-refractivity contribution in [3.8, 4) is 0 Å². The van der Waals surface area contributed by atoms with Crippen molar-refractivity contribution in [3.63, 3.8) is 0 Å². The Bertz CT molecular complexity index is 1120. The molecule has 0 bridgehead atoms. The molecule has 0 aliphatic carbocycles. The van der Waals surface area contributed by atoms with Gasteiger partial charge in [-0.3, -0.25) is 15.0 Å². The summed E-state index contributed by atoms with van der Waals surface area (Å²) >= 11 is 6.04. The number of nitrogens with zero attached hydrogens (tertiary/aromatic N) is 5. The number of urea groups is 1. The average Bonchev–Trinajstić information content (AvgIpc) is 3.18. The first-order chi connectivity index (χ1) is 16.4. The number of benzene rings is 2. The maximum atomic E-state index is 14.2. The van der Waals surface area contributed by atoms with Gasteiger partial charge in [0.25, 0.3) is 5.91 Å². The highest BCUT2D eigenvalue weighted by molar-refractivity contribution is 6.30. The number of fused-ring (bicyclic) bond motifs is 1. The summed E-state index contributed by atoms with van der Waals surface area (Å²) in [5, 5.41) is 3.08. The molecule has 2 aromatic rings. The molecule has 3 aliphatic rings. The minimum absolute atomic E-state index is 0.215. The lowest BCUT2D eigenvalue weighted by molar-refractivity contribution is -0.127. The average molecular weight is 485 g/mol. The molecule has 3 amide bonds. The van der Waals surface area contributed by atoms with E-state index in [-0.39, 0.29) is 11.7 Å². The summed E-state index contributed by atoms with van der Waals surface area (Å²) in [7, 11) is 1.65. The van der Waals surface area contributed by atoms with Crippen LogP contribution in [-0.2, 0) is 11.3 Å². The van der Waals surface area contributed by atoms with E-state index in [0.717, 1.165) is 24.5 Å². The zero-order chi connectivity index (χ0) is 23.8. The van der Waals surface area contributed by atoms with Gasteiger partial charge in [0.2, 0.25) is 0 Å². The lowest BCUT2D eigenvalue weighted by Gasteiger charge is -2.38. The van der Waals surface area contributed by atoms with Crippen LogP contribution in [0.1, 0.15) is 5.56 Å². The lowest BCUT2D eigenvalue weighted by Crippen LogP contribution is -2.63. The number of imide groups is 1. The molecular formula is C24H26ClFN6O2. The topological polar surface area (TPSA) is 71.5 Å². The summed E-state index contributed by atoms with van der Waals surface area (Å²) < 4.78 is 14.2. The Morgan fingerprint density at radius 1 is 1.03 bits per heavy atom. The Morgan fingerprint density at radius 2 is 1.74 bits per heavy atom. The van der Waals surface area contributed by atoms with Gasteiger partial charge in [-0.1, -0.05) is 35.9 Å². The number of carbonyl (C=O) groups excluding carboxylic acids is 2. The minimum atomic E-state index is -0.590. The van der Waals surface area contributed by atoms with Crippen molar-refractivity contribution in [3.05, 3.63) is 64.9 Å². The standard InChI is InChI=1S/C24H26ClFN6O2/c1-29-22-21(23(33)28-24(29)34)32(14-16-6-8-17(25)9-7-16)20(27-22)15-30-10-12-31(13-11-30)19-5-3-2-4-18(19)26/h2-9,21-22H,10-15H2,1H3,(H,28,33,34). The number of carbonyl (C=O) groups is 2. The maximum Gasteiger partial charge on any atom is 0.325 e. The second-order valence-corrected chi connectivity index (χ2v) is 9.21. The Labute approximate surface area is 202 Å². The molecule has 3 heterocycles. The molecule has 2 unspecified atom stereocenters. The monoisotopic (exact) mass is 484 g/mol. The van der Waals surface area contributed by atoms with Crippen molar-refractivity contribution in [1.82, 2.24) is 20.0 Å². The fourth-order valence-electron chi connectivity index (χ4n) is 4.74. The van der Waals surface area contributed by atoms with Gasteiger partial charge in [-0.25, -0.2) is 14.2 Å². The van der Waals surface area contributed by atoms with Gasteiger partial charge in [-0.2, -0.15) is 0 Å². The van der Waals surface area contributed by atoms with Gasteiger partial charge in [-0.05, 0) is 29.8 Å². The third-order valence-corrected chi connectivity index (χ3v) is 6.90. The highest BCUT2D eigenvalue weighted by atomic mass is 35.5. The van der Waals surface area contributed by atoms with Gasteiger partial charge in [0.15, 0.2) is 12.2 Å². The molecule has 2 fully saturated rings. The van der Waals surface area contributed by atoms with Crippen LogP contribution in [0.5, 0.6) is 0 Å². The molecule has 2 saturated heterocycles. The van der Waals surface area contributed by atoms with Crippen molar-refractivity contribution in [2.24, 2.45) is 4.99 Å². The van der Waals surface area contributed by atoms with Crippen LogP contribution in [0.15, 0.2) is 53.5 Å². The van der Waals surface area contributed by atoms with E-state index in [2.05, 4.69) is 10.2 Å². The van der Waals surface area contributed by atoms with Crippen molar-refractivity contribution >= 4 is 35.1 Å². The van der Waals surface area contributed by atoms with E-state index < -0.39 is 18.2 Å². The Hall–Kier alpha value is -3.17. The van der Waals surface area contributed by atoms with Gasteiger partial charge < -0.3 is 14.7 Å². The number of aliphatic imine (C=N–C) groups is 1. The van der Waals surface area contributed by atoms with Crippen LogP contribution in [0.3, 0.4) is 0 Å². The van der Waals surface area contributed by atoms with Crippen LogP contribution in [0.4, 0.5) is 14.9 Å². The van der Waals surface area contributed by atoms with Crippen LogP contribution >= 0.6 is 11.6 Å². The Kier molecular flexibility index (Phi) is 6.14. The van der Waals surface area contributed by atoms with E-state index in [9.17, 15) is 14.0 Å². The zero-order valence-electron chi connectivity index (χ0n) is 18.8. The fourth-order valence-corrected chi connectivity index (χ4v) is 4.87. The molecule has 0 spiro atoms. The van der Waals surface area contributed by atoms with Crippen LogP contribution in [0, 0.1) is 5.82 Å². The lowest BCUT2D eigenvalue weighted by atomic mass is 10.1. The highest BCUT2D eigenvalue weighted by Gasteiger charge is 2.48. The number of nitrogens with one attached hydrogen (secondary N) is 1. The Balaban J connectivity index is 1.33. The molecular weight excluding hydrogens is 459 g/mol. The molecule has 8 nitrogen and oxygen atoms in total. The van der Waals surface area contributed by atoms with E-state index >= 15 is 0 Å². The van der Waals surface area contributed by atoms with Crippen molar-refractivity contribution in [2.75, 3.05) is 44.7 Å². The SMILES string of the molecule is CN1C(=O)NC(=O)C2C1N=C(CN1CCN(c3ccccc3F)CC1)N2Cc1ccc(Cl)cc1. The van der Waals surface area contributed by atoms with Gasteiger partial charge in [0, 0.05) is 44.8 Å². The molecule has 5 rings (SSSR count). The third-order valence-electron chi connectivity index (χ3n) is 6.64. The fraction of sp³-hybridized carbons (Fsp3) is 0.375. The number of para-hydroxylation sites is 1. The number of amides is 3. The van der Waals surface area contributed by atoms with Crippen LogP contribution in [0.2, 0.25) is 5.02 Å². The summed E-state index contributed by atoms with van der Waals surface area (Å²) in [4.78, 5) is 37.6. The van der Waals surface area contributed by atoms with Gasteiger partial charge in [0.1, 0.15) is 11.7 Å². The van der Waals surface area contributed by atoms with E-state index in [1.807, 2.05) is 40.1 Å². The quantitative estimate of drug-likeness (QED) is 0.705. The van der Waals surface area contributed by atoms with E-state index in [4.69, 9.17) is 16.6 Å². The van der Waals surface area contributed by atoms with Gasteiger partial charge in [-0.15, -0.1) is 0 Å². The third kappa shape index (κ3) is 4.33. The van der Waals surface area contributed by atoms with Crippen molar-refractivity contribution < 1.29 is 14.0 Å². The number of hydrogen-bond donors (Lipinski definition) is 1. The van der Waals surface area contributed by atoms with E-state index in [1.54, 1.807) is 19.2 Å². The second kappa shape index (κ2) is 9.23. The largest absolute Gasteiger partial charge is 0.367 e. The summed E-state index contributed by atoms with van der Waals surface area (Å²) in [6, 6.07) is 13.3. The number of amidine groups is 1. The molecule has 2 aromatic carbocycles. The number of anilines is 1. The number of hydrogen-bond acceptors (Lipinski definition) is 6. The first-order valence-electron chi connectivity index (χ1n) is 11.3. The smallest absolute Gasteiger partial charge is 0.325 e. The van der Waals surface area contributed by atoms with Gasteiger partial charge in [0.05, 0.1) is 12.2 Å². The number of rotatable bonds is 5. The number of halogens is 2. The molecule has 178 valence electrons. The van der Waals surface area contributed by atoms with Gasteiger partial charge >= 0.3 is 6.03 Å². The maximum absolute atomic E-state index is 14.2. The molecule has 34 heavy (non-hydrogen) atoms. The molecule has 0 saturated carbocycles. The van der Waals surface area contributed by atoms with Crippen molar-refractivity contribution in [2.45, 2.75) is 18.8 Å². The molecule has 0 aromatic heterocycles. The van der Waals surface area contributed by atoms with E-state index in [1.165, 1.54) is 11.0 Å². The van der Waals surface area contributed by atoms with Crippen LogP contribution in [0.25, 0.3) is 0 Å². The van der Waals surface area contributed by atoms with Crippen LogP contribution < -0.4 is 10.2 Å². The van der Waals surface area contributed by atoms with Crippen molar-refractivity contribution in [1.29, 1.82) is 0 Å². The molecule has 2 atom stereocenters. The first-order valence-corrected chi connectivity index (χ1v) is 11.7. The Morgan fingerprint density at radius 3 is 2.44 bits per heavy atom. The summed E-state index contributed by atoms with van der Waals surface area (Å²) in [6.45, 7) is 3.87. The summed E-state index contributed by atoms with van der Waals surface area (Å²) in [5.74, 6) is 0.208. The predicted molar refractivity (Wildman–Crippen MR) is 128 cm³/mol. The number of piperazine rings is 1. The first kappa shape index (κ1) is 22.6. The van der Waals surface area contributed by atoms with Crippen LogP contribution in [-0.4, -0.2) is 84.5 Å². The molecule has 10 heteroatoms. The molecule has 3 aliphatic heterocycles.